The summed E-state index contributed by atoms with van der Waals surface area (Å²) in [4.78, 5) is 12.1. The SMILES string of the molecule is C[C@H](NC(=O)c1ccn(C)n1)c1ccc(-n2cccc2)cc1. The van der Waals surface area contributed by atoms with Crippen molar-refractivity contribution in [2.24, 2.45) is 7.05 Å². The van der Waals surface area contributed by atoms with Gasteiger partial charge in [-0.25, -0.2) is 0 Å². The lowest BCUT2D eigenvalue weighted by molar-refractivity contribution is 0.0934. The average molecular weight is 294 g/mol. The predicted octanol–water partition coefficient (Wildman–Crippen LogP) is 2.70. The third-order valence-electron chi connectivity index (χ3n) is 3.59. The molecule has 0 aliphatic heterocycles. The zero-order valence-electron chi connectivity index (χ0n) is 12.6. The van der Waals surface area contributed by atoms with Gasteiger partial charge in [-0.1, -0.05) is 12.1 Å². The number of carbonyl (C=O) groups is 1. The fourth-order valence-electron chi connectivity index (χ4n) is 2.33. The summed E-state index contributed by atoms with van der Waals surface area (Å²) in [5.41, 5.74) is 2.58. The average Bonchev–Trinajstić information content (AvgIpc) is 3.18. The Hall–Kier alpha value is -2.82. The Kier molecular flexibility index (Phi) is 3.78. The number of carbonyl (C=O) groups excluding carboxylic acids is 1. The van der Waals surface area contributed by atoms with Crippen LogP contribution >= 0.6 is 0 Å². The lowest BCUT2D eigenvalue weighted by atomic mass is 10.1. The van der Waals surface area contributed by atoms with E-state index in [0.717, 1.165) is 11.3 Å². The van der Waals surface area contributed by atoms with Crippen LogP contribution < -0.4 is 5.32 Å². The summed E-state index contributed by atoms with van der Waals surface area (Å²) < 4.78 is 3.66. The van der Waals surface area contributed by atoms with E-state index in [1.807, 2.05) is 60.3 Å². The molecule has 1 aromatic carbocycles. The van der Waals surface area contributed by atoms with Crippen LogP contribution in [-0.4, -0.2) is 20.3 Å². The number of aromatic nitrogens is 3. The highest BCUT2D eigenvalue weighted by atomic mass is 16.2. The first-order chi connectivity index (χ1) is 10.6. The summed E-state index contributed by atoms with van der Waals surface area (Å²) in [5.74, 6) is -0.164. The fraction of sp³-hybridized carbons (Fsp3) is 0.176. The minimum atomic E-state index is -0.164. The van der Waals surface area contributed by atoms with E-state index in [-0.39, 0.29) is 11.9 Å². The van der Waals surface area contributed by atoms with Crippen LogP contribution in [0.1, 0.15) is 29.0 Å². The molecule has 112 valence electrons. The molecular weight excluding hydrogens is 276 g/mol. The van der Waals surface area contributed by atoms with Gasteiger partial charge in [0, 0.05) is 31.3 Å². The normalized spacial score (nSPS) is 12.1. The standard InChI is InChI=1S/C17H18N4O/c1-13(18-17(22)16-9-12-20(2)19-16)14-5-7-15(8-6-14)21-10-3-4-11-21/h3-13H,1-2H3,(H,18,22)/t13-/m0/s1. The van der Waals surface area contributed by atoms with Crippen LogP contribution in [-0.2, 0) is 7.05 Å². The molecule has 1 amide bonds. The first-order valence-electron chi connectivity index (χ1n) is 7.17. The Morgan fingerprint density at radius 3 is 2.36 bits per heavy atom. The van der Waals surface area contributed by atoms with E-state index in [4.69, 9.17) is 0 Å². The van der Waals surface area contributed by atoms with Crippen LogP contribution in [0.3, 0.4) is 0 Å². The lowest BCUT2D eigenvalue weighted by Crippen LogP contribution is -2.27. The van der Waals surface area contributed by atoms with Crippen molar-refractivity contribution in [2.75, 3.05) is 0 Å². The molecule has 5 heteroatoms. The summed E-state index contributed by atoms with van der Waals surface area (Å²) >= 11 is 0. The second-order valence-corrected chi connectivity index (χ2v) is 5.25. The number of amides is 1. The van der Waals surface area contributed by atoms with Gasteiger partial charge in [-0.15, -0.1) is 0 Å². The van der Waals surface area contributed by atoms with Crippen molar-refractivity contribution < 1.29 is 4.79 Å². The van der Waals surface area contributed by atoms with Crippen molar-refractivity contribution in [2.45, 2.75) is 13.0 Å². The predicted molar refractivity (Wildman–Crippen MR) is 84.9 cm³/mol. The lowest BCUT2D eigenvalue weighted by Gasteiger charge is -2.14. The number of hydrogen-bond donors (Lipinski definition) is 1. The molecular formula is C17H18N4O. The Labute approximate surface area is 129 Å². The van der Waals surface area contributed by atoms with Gasteiger partial charge in [-0.05, 0) is 42.8 Å². The number of nitrogens with one attached hydrogen (secondary N) is 1. The van der Waals surface area contributed by atoms with Crippen molar-refractivity contribution in [3.05, 3.63) is 72.3 Å². The Morgan fingerprint density at radius 1 is 1.09 bits per heavy atom. The Morgan fingerprint density at radius 2 is 1.77 bits per heavy atom. The third kappa shape index (κ3) is 2.93. The van der Waals surface area contributed by atoms with Gasteiger partial charge in [-0.2, -0.15) is 5.10 Å². The van der Waals surface area contributed by atoms with Gasteiger partial charge in [0.1, 0.15) is 5.69 Å². The van der Waals surface area contributed by atoms with E-state index >= 15 is 0 Å². The van der Waals surface area contributed by atoms with Crippen LogP contribution in [0.4, 0.5) is 0 Å². The molecule has 0 saturated carbocycles. The van der Waals surface area contributed by atoms with Gasteiger partial charge >= 0.3 is 0 Å². The molecule has 3 aromatic rings. The molecule has 2 aromatic heterocycles. The molecule has 0 radical (unpaired) electrons. The number of hydrogen-bond acceptors (Lipinski definition) is 2. The zero-order chi connectivity index (χ0) is 15.5. The largest absolute Gasteiger partial charge is 0.344 e. The molecule has 0 aliphatic carbocycles. The monoisotopic (exact) mass is 294 g/mol. The molecule has 0 fully saturated rings. The van der Waals surface area contributed by atoms with Crippen LogP contribution in [0.5, 0.6) is 0 Å². The fourth-order valence-corrected chi connectivity index (χ4v) is 2.33. The van der Waals surface area contributed by atoms with Gasteiger partial charge in [0.05, 0.1) is 6.04 Å². The molecule has 0 unspecified atom stereocenters. The molecule has 1 atom stereocenters. The first kappa shape index (κ1) is 14.1. The number of nitrogens with zero attached hydrogens (tertiary/aromatic N) is 3. The second kappa shape index (κ2) is 5.89. The summed E-state index contributed by atoms with van der Waals surface area (Å²) in [5, 5.41) is 7.06. The molecule has 3 rings (SSSR count). The topological polar surface area (TPSA) is 51.9 Å². The van der Waals surface area contributed by atoms with E-state index in [1.54, 1.807) is 24.0 Å². The van der Waals surface area contributed by atoms with Crippen molar-refractivity contribution >= 4 is 5.91 Å². The quantitative estimate of drug-likeness (QED) is 0.804. The van der Waals surface area contributed by atoms with Gasteiger partial charge in [-0.3, -0.25) is 9.48 Å². The highest BCUT2D eigenvalue weighted by molar-refractivity contribution is 5.92. The number of aryl methyl sites for hydroxylation is 1. The van der Waals surface area contributed by atoms with Gasteiger partial charge in [0.25, 0.3) is 5.91 Å². The summed E-state index contributed by atoms with van der Waals surface area (Å²) in [6.45, 7) is 1.96. The maximum Gasteiger partial charge on any atom is 0.272 e. The molecule has 5 nitrogen and oxygen atoms in total. The number of rotatable bonds is 4. The van der Waals surface area contributed by atoms with Crippen LogP contribution in [0.25, 0.3) is 5.69 Å². The van der Waals surface area contributed by atoms with Gasteiger partial charge in [0.2, 0.25) is 0 Å². The maximum atomic E-state index is 12.1. The second-order valence-electron chi connectivity index (χ2n) is 5.25. The van der Waals surface area contributed by atoms with Crippen LogP contribution in [0.2, 0.25) is 0 Å². The maximum absolute atomic E-state index is 12.1. The van der Waals surface area contributed by atoms with E-state index in [2.05, 4.69) is 10.4 Å². The van der Waals surface area contributed by atoms with Gasteiger partial charge < -0.3 is 9.88 Å². The van der Waals surface area contributed by atoms with Crippen LogP contribution in [0, 0.1) is 0 Å². The van der Waals surface area contributed by atoms with Crippen molar-refractivity contribution in [3.8, 4) is 5.69 Å². The molecule has 0 saturated heterocycles. The zero-order valence-corrected chi connectivity index (χ0v) is 12.6. The molecule has 1 N–H and O–H groups in total. The molecule has 0 aliphatic rings. The van der Waals surface area contributed by atoms with Crippen molar-refractivity contribution in [1.29, 1.82) is 0 Å². The summed E-state index contributed by atoms with van der Waals surface area (Å²) in [6, 6.07) is 13.7. The van der Waals surface area contributed by atoms with Crippen LogP contribution in [0.15, 0.2) is 61.1 Å². The van der Waals surface area contributed by atoms with Crippen molar-refractivity contribution in [1.82, 2.24) is 19.7 Å². The van der Waals surface area contributed by atoms with E-state index in [0.29, 0.717) is 5.69 Å². The van der Waals surface area contributed by atoms with Gasteiger partial charge in [0.15, 0.2) is 0 Å². The first-order valence-corrected chi connectivity index (χ1v) is 7.17. The smallest absolute Gasteiger partial charge is 0.272 e. The molecule has 2 heterocycles. The third-order valence-corrected chi connectivity index (χ3v) is 3.59. The highest BCUT2D eigenvalue weighted by Gasteiger charge is 2.13. The summed E-state index contributed by atoms with van der Waals surface area (Å²) in [7, 11) is 1.79. The van der Waals surface area contributed by atoms with E-state index < -0.39 is 0 Å². The highest BCUT2D eigenvalue weighted by Crippen LogP contribution is 2.16. The molecule has 22 heavy (non-hydrogen) atoms. The molecule has 0 spiro atoms. The Bertz CT molecular complexity index is 756. The minimum Gasteiger partial charge on any atom is -0.344 e. The minimum absolute atomic E-state index is 0.0757. The molecule has 0 bridgehead atoms. The number of benzene rings is 1. The van der Waals surface area contributed by atoms with E-state index in [1.165, 1.54) is 0 Å². The van der Waals surface area contributed by atoms with E-state index in [9.17, 15) is 4.79 Å². The van der Waals surface area contributed by atoms with Crippen molar-refractivity contribution in [3.63, 3.8) is 0 Å². The Balaban J connectivity index is 1.69. The summed E-state index contributed by atoms with van der Waals surface area (Å²) in [6.07, 6.45) is 5.76.